The Hall–Kier alpha value is -1.15. The second-order valence-electron chi connectivity index (χ2n) is 2.26. The molecule has 1 aromatic rings. The molecule has 0 radical (unpaired) electrons. The van der Waals surface area contributed by atoms with E-state index in [0.29, 0.717) is 0 Å². The smallest absolute Gasteiger partial charge is 0.211 e. The highest BCUT2D eigenvalue weighted by atomic mass is 35.5. The van der Waals surface area contributed by atoms with Crippen molar-refractivity contribution in [3.63, 3.8) is 0 Å². The highest BCUT2D eigenvalue weighted by Gasteiger charge is 2.14. The first-order valence-electron chi connectivity index (χ1n) is 3.45. The number of hydrogen-bond donors (Lipinski definition) is 0. The van der Waals surface area contributed by atoms with E-state index >= 15 is 0 Å². The Labute approximate surface area is 99.2 Å². The minimum atomic E-state index is -0.0680. The Kier molecular flexibility index (Phi) is 4.04. The standard InChI is InChI=1S/C8HCl3N2O2/c9-4-1-5(12-2-14)8(13-3-15)7(11)6(4)10/h1H. The summed E-state index contributed by atoms with van der Waals surface area (Å²) in [5.74, 6) is 0. The molecule has 0 aliphatic rings. The fourth-order valence-corrected chi connectivity index (χ4v) is 1.49. The number of halogens is 3. The molecular weight excluding hydrogens is 262 g/mol. The summed E-state index contributed by atoms with van der Waals surface area (Å²) in [5, 5.41) is 0.0548. The van der Waals surface area contributed by atoms with Crippen LogP contribution in [0.2, 0.25) is 15.1 Å². The zero-order chi connectivity index (χ0) is 11.4. The third kappa shape index (κ3) is 2.45. The Morgan fingerprint density at radius 2 is 1.60 bits per heavy atom. The summed E-state index contributed by atoms with van der Waals surface area (Å²) in [6.45, 7) is 0. The lowest BCUT2D eigenvalue weighted by Gasteiger charge is -2.03. The summed E-state index contributed by atoms with van der Waals surface area (Å²) in [6.07, 6.45) is 2.55. The number of isocyanates is 2. The van der Waals surface area contributed by atoms with Crippen LogP contribution in [0, 0.1) is 0 Å². The second-order valence-corrected chi connectivity index (χ2v) is 3.42. The molecule has 7 heteroatoms. The van der Waals surface area contributed by atoms with Gasteiger partial charge in [0.05, 0.1) is 15.1 Å². The molecule has 0 amide bonds. The van der Waals surface area contributed by atoms with Gasteiger partial charge in [-0.15, -0.1) is 0 Å². The van der Waals surface area contributed by atoms with Gasteiger partial charge in [0.15, 0.2) is 0 Å². The summed E-state index contributed by atoms with van der Waals surface area (Å²) in [5.41, 5.74) is -0.0582. The maximum absolute atomic E-state index is 10.1. The highest BCUT2D eigenvalue weighted by molar-refractivity contribution is 6.49. The van der Waals surface area contributed by atoms with Crippen LogP contribution in [-0.2, 0) is 9.59 Å². The van der Waals surface area contributed by atoms with Crippen molar-refractivity contribution < 1.29 is 9.59 Å². The SMILES string of the molecule is O=C=Nc1cc(Cl)c(Cl)c(Cl)c1N=C=O. The van der Waals surface area contributed by atoms with Crippen molar-refractivity contribution >= 4 is 58.3 Å². The van der Waals surface area contributed by atoms with E-state index in [1.165, 1.54) is 18.2 Å². The third-order valence-electron chi connectivity index (χ3n) is 1.44. The maximum atomic E-state index is 10.1. The molecule has 0 aliphatic carbocycles. The van der Waals surface area contributed by atoms with Crippen LogP contribution in [0.4, 0.5) is 11.4 Å². The summed E-state index contributed by atoms with van der Waals surface area (Å²) < 4.78 is 0. The van der Waals surface area contributed by atoms with Crippen molar-refractivity contribution in [2.75, 3.05) is 0 Å². The summed E-state index contributed by atoms with van der Waals surface area (Å²) >= 11 is 17.1. The number of nitrogens with zero attached hydrogens (tertiary/aromatic N) is 2. The fraction of sp³-hybridized carbons (Fsp3) is 0. The summed E-state index contributed by atoms with van der Waals surface area (Å²) in [7, 11) is 0. The quantitative estimate of drug-likeness (QED) is 0.465. The number of benzene rings is 1. The van der Waals surface area contributed by atoms with E-state index in [2.05, 4.69) is 9.98 Å². The van der Waals surface area contributed by atoms with Gasteiger partial charge in [0.1, 0.15) is 11.4 Å². The highest BCUT2D eigenvalue weighted by Crippen LogP contribution is 2.43. The molecule has 1 aromatic carbocycles. The average molecular weight is 263 g/mol. The van der Waals surface area contributed by atoms with Crippen molar-refractivity contribution in [3.05, 3.63) is 21.1 Å². The van der Waals surface area contributed by atoms with E-state index in [-0.39, 0.29) is 26.4 Å². The van der Waals surface area contributed by atoms with Crippen LogP contribution in [0.25, 0.3) is 0 Å². The summed E-state index contributed by atoms with van der Waals surface area (Å²) in [4.78, 5) is 26.8. The van der Waals surface area contributed by atoms with Gasteiger partial charge in [-0.1, -0.05) is 34.8 Å². The van der Waals surface area contributed by atoms with Crippen molar-refractivity contribution in [1.82, 2.24) is 0 Å². The molecule has 4 nitrogen and oxygen atoms in total. The maximum Gasteiger partial charge on any atom is 0.240 e. The molecule has 0 unspecified atom stereocenters. The van der Waals surface area contributed by atoms with Crippen LogP contribution in [0.15, 0.2) is 16.1 Å². The first-order valence-corrected chi connectivity index (χ1v) is 4.58. The number of aliphatic imine (C=N–C) groups is 2. The van der Waals surface area contributed by atoms with E-state index in [4.69, 9.17) is 34.8 Å². The molecule has 0 atom stereocenters. The Bertz CT molecular complexity index is 503. The molecule has 0 fully saturated rings. The van der Waals surface area contributed by atoms with Gasteiger partial charge >= 0.3 is 0 Å². The van der Waals surface area contributed by atoms with Gasteiger partial charge < -0.3 is 0 Å². The van der Waals surface area contributed by atoms with E-state index in [1.807, 2.05) is 0 Å². The number of hydrogen-bond acceptors (Lipinski definition) is 4. The van der Waals surface area contributed by atoms with Gasteiger partial charge in [-0.25, -0.2) is 9.59 Å². The number of carbonyl (C=O) groups excluding carboxylic acids is 2. The molecule has 76 valence electrons. The predicted octanol–water partition coefficient (Wildman–Crippen LogP) is 3.58. The van der Waals surface area contributed by atoms with Crippen LogP contribution < -0.4 is 0 Å². The Morgan fingerprint density at radius 1 is 1.00 bits per heavy atom. The van der Waals surface area contributed by atoms with Crippen molar-refractivity contribution in [3.8, 4) is 0 Å². The van der Waals surface area contributed by atoms with Crippen LogP contribution in [0.5, 0.6) is 0 Å². The van der Waals surface area contributed by atoms with Gasteiger partial charge in [0, 0.05) is 0 Å². The van der Waals surface area contributed by atoms with E-state index < -0.39 is 0 Å². The van der Waals surface area contributed by atoms with Gasteiger partial charge in [0.2, 0.25) is 12.2 Å². The molecule has 1 rings (SSSR count). The Balaban J connectivity index is 3.64. The van der Waals surface area contributed by atoms with Crippen molar-refractivity contribution in [1.29, 1.82) is 0 Å². The molecule has 0 aromatic heterocycles. The van der Waals surface area contributed by atoms with Crippen LogP contribution in [0.3, 0.4) is 0 Å². The minimum absolute atomic E-state index is 0.00718. The van der Waals surface area contributed by atoms with Gasteiger partial charge in [-0.3, -0.25) is 0 Å². The van der Waals surface area contributed by atoms with Crippen molar-refractivity contribution in [2.45, 2.75) is 0 Å². The largest absolute Gasteiger partial charge is 0.240 e. The lowest BCUT2D eigenvalue weighted by molar-refractivity contribution is 0.564. The molecule has 0 saturated carbocycles. The zero-order valence-corrected chi connectivity index (χ0v) is 9.19. The number of rotatable bonds is 2. The monoisotopic (exact) mass is 262 g/mol. The molecular formula is C8HCl3N2O2. The summed E-state index contributed by atoms with van der Waals surface area (Å²) in [6, 6.07) is 1.25. The fourth-order valence-electron chi connectivity index (χ4n) is 0.859. The molecule has 0 spiro atoms. The van der Waals surface area contributed by atoms with E-state index in [9.17, 15) is 9.59 Å². The average Bonchev–Trinajstić information content (AvgIpc) is 2.21. The predicted molar refractivity (Wildman–Crippen MR) is 57.0 cm³/mol. The first-order chi connectivity index (χ1) is 7.11. The lowest BCUT2D eigenvalue weighted by atomic mass is 10.2. The normalized spacial score (nSPS) is 9.00. The van der Waals surface area contributed by atoms with E-state index in [0.717, 1.165) is 0 Å². The molecule has 0 N–H and O–H groups in total. The second kappa shape index (κ2) is 5.08. The van der Waals surface area contributed by atoms with Crippen LogP contribution in [-0.4, -0.2) is 12.2 Å². The Morgan fingerprint density at radius 3 is 2.13 bits per heavy atom. The van der Waals surface area contributed by atoms with Gasteiger partial charge in [-0.05, 0) is 6.07 Å². The topological polar surface area (TPSA) is 58.9 Å². The van der Waals surface area contributed by atoms with Crippen LogP contribution in [0.1, 0.15) is 0 Å². The van der Waals surface area contributed by atoms with Crippen molar-refractivity contribution in [2.24, 2.45) is 9.98 Å². The lowest BCUT2D eigenvalue weighted by Crippen LogP contribution is -1.76. The third-order valence-corrected chi connectivity index (χ3v) is 2.69. The molecule has 0 aliphatic heterocycles. The molecule has 0 bridgehead atoms. The molecule has 15 heavy (non-hydrogen) atoms. The minimum Gasteiger partial charge on any atom is -0.211 e. The molecule has 0 saturated heterocycles. The molecule has 0 heterocycles. The van der Waals surface area contributed by atoms with E-state index in [1.54, 1.807) is 0 Å². The zero-order valence-electron chi connectivity index (χ0n) is 6.92. The first kappa shape index (κ1) is 11.9. The van der Waals surface area contributed by atoms with Gasteiger partial charge in [0.25, 0.3) is 0 Å². The van der Waals surface area contributed by atoms with Gasteiger partial charge in [-0.2, -0.15) is 9.98 Å². The van der Waals surface area contributed by atoms with Crippen LogP contribution >= 0.6 is 34.8 Å².